The Morgan fingerprint density at radius 1 is 0.886 bits per heavy atom. The predicted molar refractivity (Wildman–Crippen MR) is 145 cm³/mol. The molecule has 0 saturated carbocycles. The van der Waals surface area contributed by atoms with Crippen molar-refractivity contribution in [2.45, 2.75) is 38.8 Å². The molecule has 0 radical (unpaired) electrons. The van der Waals surface area contributed by atoms with Crippen LogP contribution < -0.4 is 5.32 Å². The van der Waals surface area contributed by atoms with Gasteiger partial charge in [-0.1, -0.05) is 54.6 Å². The van der Waals surface area contributed by atoms with Crippen LogP contribution in [0.3, 0.4) is 0 Å². The fourth-order valence-electron chi connectivity index (χ4n) is 5.87. The Morgan fingerprint density at radius 3 is 2.54 bits per heavy atom. The molecule has 0 bridgehead atoms. The molecule has 1 fully saturated rings. The lowest BCUT2D eigenvalue weighted by molar-refractivity contribution is 0.0842. The monoisotopic (exact) mass is 462 g/mol. The van der Waals surface area contributed by atoms with E-state index in [9.17, 15) is 0 Å². The van der Waals surface area contributed by atoms with Crippen LogP contribution in [-0.2, 0) is 13.0 Å². The molecule has 4 nitrogen and oxygen atoms in total. The number of aryl methyl sites for hydroxylation is 2. The average Bonchev–Trinajstić information content (AvgIpc) is 2.89. The molecule has 0 amide bonds. The van der Waals surface area contributed by atoms with Crippen molar-refractivity contribution in [3.05, 3.63) is 101 Å². The number of pyridine rings is 1. The van der Waals surface area contributed by atoms with E-state index < -0.39 is 0 Å². The van der Waals surface area contributed by atoms with Crippen molar-refractivity contribution in [2.75, 3.05) is 31.5 Å². The molecule has 2 heterocycles. The molecule has 1 N–H and O–H groups in total. The molecular weight excluding hydrogens is 428 g/mol. The first-order valence-corrected chi connectivity index (χ1v) is 13.0. The number of anilines is 2. The maximum atomic E-state index is 4.70. The van der Waals surface area contributed by atoms with E-state index in [0.29, 0.717) is 6.04 Å². The molecule has 4 aromatic rings. The minimum atomic E-state index is 0.523. The van der Waals surface area contributed by atoms with Gasteiger partial charge in [-0.25, -0.2) is 0 Å². The third-order valence-electron chi connectivity index (χ3n) is 7.65. The minimum Gasteiger partial charge on any atom is -0.355 e. The van der Waals surface area contributed by atoms with Crippen molar-refractivity contribution >= 4 is 22.3 Å². The second-order valence-corrected chi connectivity index (χ2v) is 10.1. The van der Waals surface area contributed by atoms with Gasteiger partial charge in [-0.2, -0.15) is 0 Å². The minimum absolute atomic E-state index is 0.523. The molecule has 1 saturated heterocycles. The summed E-state index contributed by atoms with van der Waals surface area (Å²) in [6.45, 7) is 7.69. The average molecular weight is 463 g/mol. The van der Waals surface area contributed by atoms with Gasteiger partial charge in [0, 0.05) is 61.2 Å². The van der Waals surface area contributed by atoms with Crippen molar-refractivity contribution < 1.29 is 0 Å². The van der Waals surface area contributed by atoms with Crippen molar-refractivity contribution in [1.29, 1.82) is 0 Å². The summed E-state index contributed by atoms with van der Waals surface area (Å²) in [5, 5.41) is 4.90. The highest BCUT2D eigenvalue weighted by atomic mass is 15.3. The van der Waals surface area contributed by atoms with Crippen molar-refractivity contribution in [1.82, 2.24) is 14.8 Å². The highest BCUT2D eigenvalue weighted by Crippen LogP contribution is 2.37. The summed E-state index contributed by atoms with van der Waals surface area (Å²) in [5.41, 5.74) is 8.85. The molecule has 2 aliphatic rings. The molecule has 178 valence electrons. The standard InChI is InChI=1S/C31H34N4/c1-23-20-30(27-11-5-6-12-29(27)32-23)33-26-15-14-25-10-7-13-31(28(25)21-26)35-18-16-34(17-19-35)22-24-8-3-2-4-9-24/h2-6,8-9,11-12,14-15,20-21,31H,7,10,13,16-19,22H2,1H3,(H,32,33). The lowest BCUT2D eigenvalue weighted by atomic mass is 9.86. The van der Waals surface area contributed by atoms with Crippen molar-refractivity contribution in [3.8, 4) is 0 Å². The van der Waals surface area contributed by atoms with E-state index in [1.165, 1.54) is 47.0 Å². The number of nitrogens with zero attached hydrogens (tertiary/aromatic N) is 3. The van der Waals surface area contributed by atoms with Crippen LogP contribution in [0.2, 0.25) is 0 Å². The van der Waals surface area contributed by atoms with Crippen LogP contribution in [0.5, 0.6) is 0 Å². The van der Waals surface area contributed by atoms with Gasteiger partial charge in [0.1, 0.15) is 0 Å². The van der Waals surface area contributed by atoms with Crippen molar-refractivity contribution in [2.24, 2.45) is 0 Å². The Morgan fingerprint density at radius 2 is 1.69 bits per heavy atom. The summed E-state index contributed by atoms with van der Waals surface area (Å²) in [5.74, 6) is 0. The fraction of sp³-hybridized carbons (Fsp3) is 0.323. The second kappa shape index (κ2) is 9.80. The Balaban J connectivity index is 1.20. The molecule has 1 atom stereocenters. The summed E-state index contributed by atoms with van der Waals surface area (Å²) < 4.78 is 0. The maximum Gasteiger partial charge on any atom is 0.0726 e. The predicted octanol–water partition coefficient (Wildman–Crippen LogP) is 6.48. The first-order valence-electron chi connectivity index (χ1n) is 13.0. The van der Waals surface area contributed by atoms with Crippen LogP contribution >= 0.6 is 0 Å². The van der Waals surface area contributed by atoms with E-state index in [2.05, 4.69) is 101 Å². The zero-order valence-corrected chi connectivity index (χ0v) is 20.6. The van der Waals surface area contributed by atoms with Crippen LogP contribution in [0.25, 0.3) is 10.9 Å². The molecule has 1 unspecified atom stereocenters. The molecule has 4 heteroatoms. The normalized spacial score (nSPS) is 18.9. The van der Waals surface area contributed by atoms with Gasteiger partial charge in [-0.3, -0.25) is 14.8 Å². The Bertz CT molecular complexity index is 1310. The second-order valence-electron chi connectivity index (χ2n) is 10.1. The van der Waals surface area contributed by atoms with E-state index >= 15 is 0 Å². The Labute approximate surface area is 208 Å². The third-order valence-corrected chi connectivity index (χ3v) is 7.65. The fourth-order valence-corrected chi connectivity index (χ4v) is 5.87. The van der Waals surface area contributed by atoms with E-state index in [0.717, 1.165) is 49.6 Å². The largest absolute Gasteiger partial charge is 0.355 e. The van der Waals surface area contributed by atoms with Gasteiger partial charge >= 0.3 is 0 Å². The van der Waals surface area contributed by atoms with Gasteiger partial charge in [0.15, 0.2) is 0 Å². The molecule has 6 rings (SSSR count). The molecule has 1 aliphatic carbocycles. The van der Waals surface area contributed by atoms with E-state index in [4.69, 9.17) is 4.98 Å². The van der Waals surface area contributed by atoms with E-state index in [1.54, 1.807) is 0 Å². The molecule has 0 spiro atoms. The van der Waals surface area contributed by atoms with Crippen LogP contribution in [0, 0.1) is 6.92 Å². The highest BCUT2D eigenvalue weighted by Gasteiger charge is 2.29. The van der Waals surface area contributed by atoms with Gasteiger partial charge in [0.2, 0.25) is 0 Å². The molecule has 1 aliphatic heterocycles. The number of piperazine rings is 1. The van der Waals surface area contributed by atoms with E-state index in [-0.39, 0.29) is 0 Å². The smallest absolute Gasteiger partial charge is 0.0726 e. The summed E-state index contributed by atoms with van der Waals surface area (Å²) >= 11 is 0. The highest BCUT2D eigenvalue weighted by molar-refractivity contribution is 5.93. The number of rotatable bonds is 5. The van der Waals surface area contributed by atoms with Crippen LogP contribution in [0.4, 0.5) is 11.4 Å². The Hall–Kier alpha value is -3.21. The summed E-state index contributed by atoms with van der Waals surface area (Å²) in [6.07, 6.45) is 3.73. The topological polar surface area (TPSA) is 31.4 Å². The third kappa shape index (κ3) is 4.82. The van der Waals surface area contributed by atoms with Crippen LogP contribution in [-0.4, -0.2) is 41.0 Å². The van der Waals surface area contributed by atoms with Gasteiger partial charge in [0.25, 0.3) is 0 Å². The number of para-hydroxylation sites is 1. The van der Waals surface area contributed by atoms with Crippen LogP contribution in [0.15, 0.2) is 78.9 Å². The summed E-state index contributed by atoms with van der Waals surface area (Å²) in [4.78, 5) is 10.0. The van der Waals surface area contributed by atoms with Crippen molar-refractivity contribution in [3.63, 3.8) is 0 Å². The maximum absolute atomic E-state index is 4.70. The first-order chi connectivity index (χ1) is 17.2. The number of hydrogen-bond acceptors (Lipinski definition) is 4. The number of nitrogens with one attached hydrogen (secondary N) is 1. The number of hydrogen-bond donors (Lipinski definition) is 1. The lowest BCUT2D eigenvalue weighted by Gasteiger charge is -2.41. The first kappa shape index (κ1) is 22.3. The zero-order valence-electron chi connectivity index (χ0n) is 20.6. The number of fused-ring (bicyclic) bond motifs is 2. The summed E-state index contributed by atoms with van der Waals surface area (Å²) in [6, 6.07) is 29.0. The molecule has 35 heavy (non-hydrogen) atoms. The van der Waals surface area contributed by atoms with Crippen LogP contribution in [0.1, 0.15) is 41.3 Å². The zero-order chi connectivity index (χ0) is 23.6. The van der Waals surface area contributed by atoms with Gasteiger partial charge in [-0.05, 0) is 67.1 Å². The van der Waals surface area contributed by atoms with Gasteiger partial charge in [0.05, 0.1) is 5.52 Å². The van der Waals surface area contributed by atoms with Gasteiger partial charge < -0.3 is 5.32 Å². The number of aromatic nitrogens is 1. The lowest BCUT2D eigenvalue weighted by Crippen LogP contribution is -2.47. The Kier molecular flexibility index (Phi) is 6.24. The molecule has 3 aromatic carbocycles. The van der Waals surface area contributed by atoms with Gasteiger partial charge in [-0.15, -0.1) is 0 Å². The molecule has 1 aromatic heterocycles. The van der Waals surface area contributed by atoms with E-state index in [1.807, 2.05) is 0 Å². The quantitative estimate of drug-likeness (QED) is 0.368. The number of benzene rings is 3. The summed E-state index contributed by atoms with van der Waals surface area (Å²) in [7, 11) is 0. The SMILES string of the molecule is Cc1cc(Nc2ccc3c(c2)C(N2CCN(Cc4ccccc4)CC2)CCC3)c2ccccc2n1. The molecular formula is C31H34N4.